The van der Waals surface area contributed by atoms with E-state index in [1.54, 1.807) is 18.2 Å². The first-order chi connectivity index (χ1) is 8.63. The molecule has 1 atom stereocenters. The Balaban J connectivity index is 2.24. The highest BCUT2D eigenvalue weighted by Crippen LogP contribution is 2.19. The summed E-state index contributed by atoms with van der Waals surface area (Å²) in [5.41, 5.74) is 1.43. The molecular formula is C13H13ClN2O2. The fourth-order valence-corrected chi connectivity index (χ4v) is 2.03. The first-order valence-corrected chi connectivity index (χ1v) is 6.06. The minimum Gasteiger partial charge on any atom is -0.376 e. The number of amides is 1. The number of ether oxygens (including phenoxy) is 1. The van der Waals surface area contributed by atoms with Crippen molar-refractivity contribution in [3.8, 4) is 6.07 Å². The van der Waals surface area contributed by atoms with Gasteiger partial charge in [0.15, 0.2) is 0 Å². The molecule has 1 aliphatic rings. The van der Waals surface area contributed by atoms with E-state index in [1.807, 2.05) is 6.92 Å². The van der Waals surface area contributed by atoms with E-state index in [1.165, 1.54) is 4.90 Å². The van der Waals surface area contributed by atoms with Crippen molar-refractivity contribution >= 4 is 17.5 Å². The molecule has 0 N–H and O–H groups in total. The van der Waals surface area contributed by atoms with Crippen LogP contribution in [0.25, 0.3) is 0 Å². The van der Waals surface area contributed by atoms with Gasteiger partial charge in [0.25, 0.3) is 5.91 Å². The maximum absolute atomic E-state index is 12.3. The van der Waals surface area contributed by atoms with E-state index in [0.29, 0.717) is 23.7 Å². The number of benzene rings is 1. The van der Waals surface area contributed by atoms with Gasteiger partial charge in [-0.2, -0.15) is 5.26 Å². The summed E-state index contributed by atoms with van der Waals surface area (Å²) in [5.74, 6) is -0.174. The standard InChI is InChI=1S/C13H13ClN2O2/c1-9-2-3-10(6-12(9)14)13(17)16-4-5-18-8-11(16)7-15/h2-3,6,11H,4-5,8H2,1H3. The van der Waals surface area contributed by atoms with Crippen molar-refractivity contribution in [3.63, 3.8) is 0 Å². The topological polar surface area (TPSA) is 53.3 Å². The molecule has 2 rings (SSSR count). The lowest BCUT2D eigenvalue weighted by atomic mass is 10.1. The van der Waals surface area contributed by atoms with E-state index in [4.69, 9.17) is 21.6 Å². The first-order valence-electron chi connectivity index (χ1n) is 5.68. The van der Waals surface area contributed by atoms with Gasteiger partial charge in [0, 0.05) is 17.1 Å². The smallest absolute Gasteiger partial charge is 0.255 e. The molecule has 94 valence electrons. The fourth-order valence-electron chi connectivity index (χ4n) is 1.85. The van der Waals surface area contributed by atoms with Gasteiger partial charge in [-0.05, 0) is 24.6 Å². The van der Waals surface area contributed by atoms with Crippen molar-refractivity contribution in [1.82, 2.24) is 4.90 Å². The van der Waals surface area contributed by atoms with E-state index in [0.717, 1.165) is 5.56 Å². The van der Waals surface area contributed by atoms with Gasteiger partial charge in [0.1, 0.15) is 6.04 Å². The van der Waals surface area contributed by atoms with Crippen molar-refractivity contribution < 1.29 is 9.53 Å². The molecule has 0 saturated carbocycles. The number of carbonyl (C=O) groups is 1. The summed E-state index contributed by atoms with van der Waals surface area (Å²) in [7, 11) is 0. The maximum atomic E-state index is 12.3. The number of hydrogen-bond donors (Lipinski definition) is 0. The Morgan fingerprint density at radius 1 is 1.61 bits per heavy atom. The average Bonchev–Trinajstić information content (AvgIpc) is 2.41. The molecular weight excluding hydrogens is 252 g/mol. The maximum Gasteiger partial charge on any atom is 0.255 e. The van der Waals surface area contributed by atoms with Crippen LogP contribution in [0.4, 0.5) is 0 Å². The molecule has 1 amide bonds. The molecule has 1 aromatic rings. The largest absolute Gasteiger partial charge is 0.376 e. The number of hydrogen-bond acceptors (Lipinski definition) is 3. The van der Waals surface area contributed by atoms with Gasteiger partial charge in [-0.1, -0.05) is 17.7 Å². The average molecular weight is 265 g/mol. The number of morpholine rings is 1. The predicted molar refractivity (Wildman–Crippen MR) is 67.4 cm³/mol. The van der Waals surface area contributed by atoms with E-state index in [9.17, 15) is 4.79 Å². The zero-order valence-corrected chi connectivity index (χ0v) is 10.8. The molecule has 0 aliphatic carbocycles. The summed E-state index contributed by atoms with van der Waals surface area (Å²) in [4.78, 5) is 13.8. The molecule has 0 radical (unpaired) electrons. The minimum atomic E-state index is -0.522. The van der Waals surface area contributed by atoms with Crippen LogP contribution >= 0.6 is 11.6 Å². The number of aryl methyl sites for hydroxylation is 1. The van der Waals surface area contributed by atoms with Crippen LogP contribution in [0.15, 0.2) is 18.2 Å². The van der Waals surface area contributed by atoms with Gasteiger partial charge < -0.3 is 9.64 Å². The first kappa shape index (κ1) is 12.9. The monoisotopic (exact) mass is 264 g/mol. The Labute approximate surface area is 111 Å². The molecule has 1 heterocycles. The number of nitriles is 1. The van der Waals surface area contributed by atoms with E-state index in [-0.39, 0.29) is 12.5 Å². The summed E-state index contributed by atoms with van der Waals surface area (Å²) in [5, 5.41) is 9.56. The van der Waals surface area contributed by atoms with Gasteiger partial charge in [-0.25, -0.2) is 0 Å². The minimum absolute atomic E-state index is 0.174. The molecule has 18 heavy (non-hydrogen) atoms. The lowest BCUT2D eigenvalue weighted by Crippen LogP contribution is -2.47. The molecule has 0 spiro atoms. The molecule has 5 heteroatoms. The zero-order valence-electron chi connectivity index (χ0n) is 10.0. The second kappa shape index (κ2) is 5.38. The van der Waals surface area contributed by atoms with Crippen molar-refractivity contribution in [2.45, 2.75) is 13.0 Å². The third-order valence-electron chi connectivity index (χ3n) is 2.96. The van der Waals surface area contributed by atoms with Crippen LogP contribution in [0.3, 0.4) is 0 Å². The van der Waals surface area contributed by atoms with Gasteiger partial charge in [0.05, 0.1) is 19.3 Å². The Bertz CT molecular complexity index is 510. The van der Waals surface area contributed by atoms with E-state index >= 15 is 0 Å². The quantitative estimate of drug-likeness (QED) is 0.780. The van der Waals surface area contributed by atoms with Gasteiger partial charge in [0.2, 0.25) is 0 Å². The molecule has 1 aliphatic heterocycles. The lowest BCUT2D eigenvalue weighted by Gasteiger charge is -2.31. The van der Waals surface area contributed by atoms with Crippen molar-refractivity contribution in [2.75, 3.05) is 19.8 Å². The van der Waals surface area contributed by atoms with Gasteiger partial charge >= 0.3 is 0 Å². The predicted octanol–water partition coefficient (Wildman–Crippen LogP) is 2.01. The highest BCUT2D eigenvalue weighted by atomic mass is 35.5. The molecule has 1 fully saturated rings. The van der Waals surface area contributed by atoms with Gasteiger partial charge in [-0.15, -0.1) is 0 Å². The molecule has 1 saturated heterocycles. The number of nitrogens with zero attached hydrogens (tertiary/aromatic N) is 2. The molecule has 1 unspecified atom stereocenters. The third-order valence-corrected chi connectivity index (χ3v) is 3.36. The van der Waals surface area contributed by atoms with E-state index < -0.39 is 6.04 Å². The Kier molecular flexibility index (Phi) is 3.85. The van der Waals surface area contributed by atoms with Crippen LogP contribution in [0, 0.1) is 18.3 Å². The number of halogens is 1. The molecule has 0 bridgehead atoms. The summed E-state index contributed by atoms with van der Waals surface area (Å²) >= 11 is 6.01. The van der Waals surface area contributed by atoms with Crippen molar-refractivity contribution in [2.24, 2.45) is 0 Å². The van der Waals surface area contributed by atoms with E-state index in [2.05, 4.69) is 6.07 Å². The van der Waals surface area contributed by atoms with Gasteiger partial charge in [-0.3, -0.25) is 4.79 Å². The Morgan fingerprint density at radius 3 is 3.06 bits per heavy atom. The molecule has 1 aromatic carbocycles. The summed E-state index contributed by atoms with van der Waals surface area (Å²) in [6.45, 7) is 3.04. The summed E-state index contributed by atoms with van der Waals surface area (Å²) in [6.07, 6.45) is 0. The van der Waals surface area contributed by atoms with Crippen LogP contribution in [0.2, 0.25) is 5.02 Å². The third kappa shape index (κ3) is 2.47. The number of rotatable bonds is 1. The number of carbonyl (C=O) groups excluding carboxylic acids is 1. The lowest BCUT2D eigenvalue weighted by molar-refractivity contribution is 0.0132. The van der Waals surface area contributed by atoms with Crippen LogP contribution in [-0.4, -0.2) is 36.6 Å². The SMILES string of the molecule is Cc1ccc(C(=O)N2CCOCC2C#N)cc1Cl. The normalized spacial score (nSPS) is 19.4. The van der Waals surface area contributed by atoms with Crippen LogP contribution in [0.1, 0.15) is 15.9 Å². The fraction of sp³-hybridized carbons (Fsp3) is 0.385. The van der Waals surface area contributed by atoms with Crippen LogP contribution < -0.4 is 0 Å². The van der Waals surface area contributed by atoms with Crippen LogP contribution in [-0.2, 0) is 4.74 Å². The second-order valence-electron chi connectivity index (χ2n) is 4.18. The molecule has 0 aromatic heterocycles. The Morgan fingerprint density at radius 2 is 2.39 bits per heavy atom. The summed E-state index contributed by atoms with van der Waals surface area (Å²) < 4.78 is 5.19. The zero-order chi connectivity index (χ0) is 13.1. The Hall–Kier alpha value is -1.57. The van der Waals surface area contributed by atoms with Crippen LogP contribution in [0.5, 0.6) is 0 Å². The van der Waals surface area contributed by atoms with Crippen molar-refractivity contribution in [3.05, 3.63) is 34.3 Å². The second-order valence-corrected chi connectivity index (χ2v) is 4.59. The summed E-state index contributed by atoms with van der Waals surface area (Å²) in [6, 6.07) is 6.73. The van der Waals surface area contributed by atoms with Crippen molar-refractivity contribution in [1.29, 1.82) is 5.26 Å². The highest BCUT2D eigenvalue weighted by molar-refractivity contribution is 6.31. The molecule has 4 nitrogen and oxygen atoms in total. The highest BCUT2D eigenvalue weighted by Gasteiger charge is 2.28.